The van der Waals surface area contributed by atoms with Gasteiger partial charge in [-0.3, -0.25) is 14.2 Å². The molecule has 2 aliphatic rings. The number of nitrogens with zero attached hydrogens (tertiary/aromatic N) is 4. The van der Waals surface area contributed by atoms with Crippen molar-refractivity contribution in [2.24, 2.45) is 5.92 Å². The van der Waals surface area contributed by atoms with E-state index in [9.17, 15) is 14.4 Å². The molecular weight excluding hydrogens is 382 g/mol. The van der Waals surface area contributed by atoms with Gasteiger partial charge in [0, 0.05) is 19.9 Å². The molecule has 29 heavy (non-hydrogen) atoms. The molecule has 1 aliphatic carbocycles. The summed E-state index contributed by atoms with van der Waals surface area (Å²) in [7, 11) is 0. The molecule has 3 atom stereocenters. The van der Waals surface area contributed by atoms with Crippen LogP contribution >= 0.6 is 0 Å². The SMILES string of the molecule is CCC(=O)O[C@H]1C[C@@H](OC(C)=O)[C@H](n2c(=O)n(CC3CC3)c3cnc(N)nc32)O1. The van der Waals surface area contributed by atoms with Gasteiger partial charge in [0.2, 0.25) is 12.2 Å². The van der Waals surface area contributed by atoms with Crippen LogP contribution in [0.2, 0.25) is 0 Å². The Kier molecular flexibility index (Phi) is 4.99. The third-order valence-corrected chi connectivity index (χ3v) is 5.02. The zero-order valence-corrected chi connectivity index (χ0v) is 16.2. The summed E-state index contributed by atoms with van der Waals surface area (Å²) in [6.45, 7) is 3.46. The van der Waals surface area contributed by atoms with E-state index in [0.29, 0.717) is 18.0 Å². The molecule has 3 heterocycles. The fourth-order valence-corrected chi connectivity index (χ4v) is 3.49. The number of imidazole rings is 1. The van der Waals surface area contributed by atoms with Gasteiger partial charge in [0.05, 0.1) is 12.6 Å². The first kappa shape index (κ1) is 19.4. The number of rotatable bonds is 6. The maximum Gasteiger partial charge on any atom is 0.332 e. The van der Waals surface area contributed by atoms with Gasteiger partial charge in [0.25, 0.3) is 0 Å². The lowest BCUT2D eigenvalue weighted by Crippen LogP contribution is -2.34. The number of hydrogen-bond acceptors (Lipinski definition) is 9. The fourth-order valence-electron chi connectivity index (χ4n) is 3.49. The number of hydrogen-bond donors (Lipinski definition) is 1. The third kappa shape index (κ3) is 3.82. The highest BCUT2D eigenvalue weighted by molar-refractivity contribution is 5.72. The smallest absolute Gasteiger partial charge is 0.332 e. The summed E-state index contributed by atoms with van der Waals surface area (Å²) in [6, 6.07) is 0. The number of aromatic nitrogens is 4. The molecule has 11 nitrogen and oxygen atoms in total. The molecule has 0 spiro atoms. The molecule has 0 aromatic carbocycles. The molecular formula is C18H23N5O6. The van der Waals surface area contributed by atoms with Gasteiger partial charge in [-0.25, -0.2) is 14.3 Å². The van der Waals surface area contributed by atoms with Gasteiger partial charge in [0.1, 0.15) is 5.52 Å². The van der Waals surface area contributed by atoms with Crippen molar-refractivity contribution >= 4 is 29.1 Å². The average Bonchev–Trinajstić information content (AvgIpc) is 3.35. The highest BCUT2D eigenvalue weighted by Gasteiger charge is 2.43. The van der Waals surface area contributed by atoms with Crippen LogP contribution in [-0.2, 0) is 30.3 Å². The van der Waals surface area contributed by atoms with Crippen molar-refractivity contribution in [3.63, 3.8) is 0 Å². The van der Waals surface area contributed by atoms with E-state index in [1.54, 1.807) is 11.5 Å². The second kappa shape index (κ2) is 7.47. The maximum absolute atomic E-state index is 13.3. The van der Waals surface area contributed by atoms with E-state index >= 15 is 0 Å². The Labute approximate surface area is 165 Å². The number of nitrogen functional groups attached to an aromatic ring is 1. The lowest BCUT2D eigenvalue weighted by atomic mass is 10.2. The van der Waals surface area contributed by atoms with E-state index in [0.717, 1.165) is 12.8 Å². The quantitative estimate of drug-likeness (QED) is 0.688. The normalized spacial score (nSPS) is 24.0. The summed E-state index contributed by atoms with van der Waals surface area (Å²) in [6.07, 6.45) is 1.13. The molecule has 0 amide bonds. The summed E-state index contributed by atoms with van der Waals surface area (Å²) in [4.78, 5) is 44.8. The second-order valence-corrected chi connectivity index (χ2v) is 7.33. The molecule has 2 fully saturated rings. The first-order valence-electron chi connectivity index (χ1n) is 9.62. The average molecular weight is 405 g/mol. The maximum atomic E-state index is 13.3. The van der Waals surface area contributed by atoms with Gasteiger partial charge < -0.3 is 19.9 Å². The number of carbonyl (C=O) groups is 2. The molecule has 11 heteroatoms. The van der Waals surface area contributed by atoms with E-state index in [2.05, 4.69) is 9.97 Å². The lowest BCUT2D eigenvalue weighted by Gasteiger charge is -2.19. The molecule has 0 bridgehead atoms. The van der Waals surface area contributed by atoms with Gasteiger partial charge in [-0.1, -0.05) is 6.92 Å². The van der Waals surface area contributed by atoms with Gasteiger partial charge in [-0.05, 0) is 18.8 Å². The zero-order chi connectivity index (χ0) is 20.7. The highest BCUT2D eigenvalue weighted by Crippen LogP contribution is 2.35. The molecule has 1 saturated carbocycles. The summed E-state index contributed by atoms with van der Waals surface area (Å²) < 4.78 is 19.3. The molecule has 1 aliphatic heterocycles. The van der Waals surface area contributed by atoms with Crippen LogP contribution in [0.1, 0.15) is 45.8 Å². The van der Waals surface area contributed by atoms with Crippen molar-refractivity contribution in [1.82, 2.24) is 19.1 Å². The van der Waals surface area contributed by atoms with Gasteiger partial charge >= 0.3 is 17.6 Å². The Balaban J connectivity index is 1.77. The van der Waals surface area contributed by atoms with Crippen LogP contribution in [0, 0.1) is 5.92 Å². The monoisotopic (exact) mass is 405 g/mol. The minimum atomic E-state index is -1.00. The topological polar surface area (TPSA) is 141 Å². The number of anilines is 1. The van der Waals surface area contributed by atoms with Gasteiger partial charge in [0.15, 0.2) is 18.0 Å². The van der Waals surface area contributed by atoms with Crippen molar-refractivity contribution in [3.8, 4) is 0 Å². The minimum absolute atomic E-state index is 0.00539. The fraction of sp³-hybridized carbons (Fsp3) is 0.611. The number of carbonyl (C=O) groups excluding carboxylic acids is 2. The summed E-state index contributed by atoms with van der Waals surface area (Å²) in [5.74, 6) is -0.551. The van der Waals surface area contributed by atoms with E-state index in [1.165, 1.54) is 17.7 Å². The molecule has 0 radical (unpaired) electrons. The van der Waals surface area contributed by atoms with Crippen LogP contribution in [0.4, 0.5) is 5.95 Å². The van der Waals surface area contributed by atoms with Crippen LogP contribution in [0.3, 0.4) is 0 Å². The summed E-state index contributed by atoms with van der Waals surface area (Å²) in [5.41, 5.74) is 6.19. The standard InChI is InChI=1S/C18H23N5O6/c1-3-13(25)28-14-6-12(27-9(2)24)16(29-14)23-15-11(7-20-17(19)21-15)22(18(23)26)8-10-4-5-10/h7,10,12,14,16H,3-6,8H2,1-2H3,(H2,19,20,21)/t12-,14-,16-/m1/s1. The van der Waals surface area contributed by atoms with E-state index in [-0.39, 0.29) is 30.1 Å². The Bertz CT molecular complexity index is 1010. The summed E-state index contributed by atoms with van der Waals surface area (Å²) in [5, 5.41) is 0. The Morgan fingerprint density at radius 1 is 1.34 bits per heavy atom. The van der Waals surface area contributed by atoms with Crippen LogP contribution in [0.15, 0.2) is 11.0 Å². The predicted octanol–water partition coefficient (Wildman–Crippen LogP) is 0.715. The first-order chi connectivity index (χ1) is 13.9. The van der Waals surface area contributed by atoms with Gasteiger partial charge in [-0.15, -0.1) is 0 Å². The molecule has 0 unspecified atom stereocenters. The zero-order valence-electron chi connectivity index (χ0n) is 16.2. The van der Waals surface area contributed by atoms with Crippen LogP contribution in [0.5, 0.6) is 0 Å². The minimum Gasteiger partial charge on any atom is -0.457 e. The first-order valence-corrected chi connectivity index (χ1v) is 9.62. The number of fused-ring (bicyclic) bond motifs is 1. The Hall–Kier alpha value is -2.95. The van der Waals surface area contributed by atoms with Crippen molar-refractivity contribution in [2.45, 2.75) is 64.7 Å². The molecule has 2 aromatic heterocycles. The van der Waals surface area contributed by atoms with Crippen LogP contribution < -0.4 is 11.4 Å². The largest absolute Gasteiger partial charge is 0.457 e. The Morgan fingerprint density at radius 3 is 2.76 bits per heavy atom. The third-order valence-electron chi connectivity index (χ3n) is 5.02. The van der Waals surface area contributed by atoms with Crippen molar-refractivity contribution < 1.29 is 23.8 Å². The Morgan fingerprint density at radius 2 is 2.10 bits per heavy atom. The van der Waals surface area contributed by atoms with E-state index < -0.39 is 30.6 Å². The molecule has 2 N–H and O–H groups in total. The van der Waals surface area contributed by atoms with Crippen molar-refractivity contribution in [2.75, 3.05) is 5.73 Å². The predicted molar refractivity (Wildman–Crippen MR) is 99.4 cm³/mol. The van der Waals surface area contributed by atoms with Crippen LogP contribution in [-0.4, -0.2) is 43.4 Å². The molecule has 2 aromatic rings. The van der Waals surface area contributed by atoms with Crippen molar-refractivity contribution in [1.29, 1.82) is 0 Å². The van der Waals surface area contributed by atoms with Crippen molar-refractivity contribution in [3.05, 3.63) is 16.7 Å². The summed E-state index contributed by atoms with van der Waals surface area (Å²) >= 11 is 0. The highest BCUT2D eigenvalue weighted by atomic mass is 16.7. The molecule has 4 rings (SSSR count). The number of nitrogens with two attached hydrogens (primary N) is 1. The number of esters is 2. The molecule has 156 valence electrons. The van der Waals surface area contributed by atoms with E-state index in [1.807, 2.05) is 0 Å². The lowest BCUT2D eigenvalue weighted by molar-refractivity contribution is -0.183. The number of ether oxygens (including phenoxy) is 3. The van der Waals surface area contributed by atoms with E-state index in [4.69, 9.17) is 19.9 Å². The molecule has 1 saturated heterocycles. The second-order valence-electron chi connectivity index (χ2n) is 7.33. The van der Waals surface area contributed by atoms with Crippen LogP contribution in [0.25, 0.3) is 11.2 Å². The van der Waals surface area contributed by atoms with Gasteiger partial charge in [-0.2, -0.15) is 4.98 Å².